The van der Waals surface area contributed by atoms with Crippen molar-refractivity contribution in [2.75, 3.05) is 22.5 Å². The van der Waals surface area contributed by atoms with Crippen molar-refractivity contribution in [1.82, 2.24) is 14.8 Å². The summed E-state index contributed by atoms with van der Waals surface area (Å²) in [5, 5.41) is 2.91. The Morgan fingerprint density at radius 2 is 1.51 bits per heavy atom. The maximum absolute atomic E-state index is 15.6. The molecule has 0 bridgehead atoms. The molecule has 55 heavy (non-hydrogen) atoms. The summed E-state index contributed by atoms with van der Waals surface area (Å²) < 4.78 is 148. The Labute approximate surface area is 326 Å². The summed E-state index contributed by atoms with van der Waals surface area (Å²) in [5.41, 5.74) is 7.44. The van der Waals surface area contributed by atoms with Crippen LogP contribution < -0.4 is 9.44 Å². The number of benzene rings is 2. The average Bonchev–Trinajstić information content (AvgIpc) is 3.41. The van der Waals surface area contributed by atoms with Crippen LogP contribution >= 0.6 is 24.0 Å². The number of nitrogens with two attached hydrogens (primary N) is 1. The molecular formula is C34H36Cl2F5N5O6S3. The second-order valence-corrected chi connectivity index (χ2v) is 20.4. The van der Waals surface area contributed by atoms with Gasteiger partial charge in [0, 0.05) is 23.4 Å². The molecule has 4 aromatic rings. The number of hydrogen-bond acceptors (Lipinski definition) is 9. The minimum atomic E-state index is -4.76. The van der Waals surface area contributed by atoms with Gasteiger partial charge < -0.3 is 5.73 Å². The molecule has 0 saturated heterocycles. The SMILES string of the molecule is CC(C)(C#Cc1nc([C@@H](N)Cc2cc(F)cc(F)c2)c(-c2ccc(Cl)c3c(N(S(C)(=O)=O)S(C)(=O)=O)nn(C(F)C(F)F)c23)c2c1CCCC2)S(C)(=O)=O.Cl. The molecular weight excluding hydrogens is 836 g/mol. The van der Waals surface area contributed by atoms with E-state index >= 15 is 4.39 Å². The van der Waals surface area contributed by atoms with E-state index in [2.05, 4.69) is 16.9 Å². The number of nitrogens with zero attached hydrogens (tertiary/aromatic N) is 4. The number of sulfone groups is 1. The number of alkyl halides is 3. The number of fused-ring (bicyclic) bond motifs is 2. The molecule has 11 nitrogen and oxygen atoms in total. The summed E-state index contributed by atoms with van der Waals surface area (Å²) in [6.07, 6.45) is -3.37. The number of pyridine rings is 1. The van der Waals surface area contributed by atoms with Gasteiger partial charge in [0.05, 0.1) is 40.2 Å². The largest absolute Gasteiger partial charge is 0.322 e. The van der Waals surface area contributed by atoms with E-state index in [1.165, 1.54) is 26.0 Å². The zero-order valence-corrected chi connectivity index (χ0v) is 33.9. The van der Waals surface area contributed by atoms with Crippen LogP contribution in [0.15, 0.2) is 30.3 Å². The Bertz CT molecular complexity index is 2530. The van der Waals surface area contributed by atoms with Crippen molar-refractivity contribution >= 4 is 70.6 Å². The number of sulfonamides is 2. The fraction of sp³-hybridized carbons (Fsp3) is 0.412. The highest BCUT2D eigenvalue weighted by Crippen LogP contribution is 2.46. The Morgan fingerprint density at radius 3 is 2.04 bits per heavy atom. The zero-order chi connectivity index (χ0) is 40.3. The lowest BCUT2D eigenvalue weighted by Crippen LogP contribution is -2.35. The van der Waals surface area contributed by atoms with E-state index in [1.807, 2.05) is 0 Å². The maximum atomic E-state index is 15.6. The van der Waals surface area contributed by atoms with Crippen LogP contribution in [0.3, 0.4) is 0 Å². The third kappa shape index (κ3) is 8.89. The van der Waals surface area contributed by atoms with Crippen molar-refractivity contribution in [3.05, 3.63) is 75.1 Å². The Kier molecular flexibility index (Phi) is 12.7. The highest BCUT2D eigenvalue weighted by Gasteiger charge is 2.38. The molecule has 2 N–H and O–H groups in total. The summed E-state index contributed by atoms with van der Waals surface area (Å²) >= 11 is 6.53. The second kappa shape index (κ2) is 15.8. The van der Waals surface area contributed by atoms with E-state index in [9.17, 15) is 42.8 Å². The molecule has 0 fully saturated rings. The van der Waals surface area contributed by atoms with Gasteiger partial charge in [-0.25, -0.2) is 56.9 Å². The van der Waals surface area contributed by atoms with Gasteiger partial charge in [-0.2, -0.15) is 0 Å². The molecule has 2 aromatic heterocycles. The molecule has 21 heteroatoms. The van der Waals surface area contributed by atoms with Gasteiger partial charge in [-0.1, -0.05) is 23.6 Å². The minimum Gasteiger partial charge on any atom is -0.322 e. The van der Waals surface area contributed by atoms with Gasteiger partial charge in [0.1, 0.15) is 22.1 Å². The smallest absolute Gasteiger partial charge is 0.289 e. The lowest BCUT2D eigenvalue weighted by Gasteiger charge is -2.27. The number of anilines is 1. The highest BCUT2D eigenvalue weighted by molar-refractivity contribution is 8.09. The van der Waals surface area contributed by atoms with Crippen LogP contribution in [0.25, 0.3) is 22.0 Å². The normalized spacial score (nSPS) is 14.9. The Morgan fingerprint density at radius 1 is 0.945 bits per heavy atom. The first-order valence-electron chi connectivity index (χ1n) is 16.2. The molecule has 2 aromatic carbocycles. The standard InChI is InChI=1S/C34H35ClF5N5O6S3.ClH/c1-34(2,52(3,46)47)13-12-26-21-8-6-7-9-22(21)27(29(42-26)25(41)16-18-14-19(36)17-20(37)15-18)23-10-11-24(35)28-30(23)44(32(40)31(38)39)43-33(28)45(53(4,48)49)54(5,50)51;/h10-11,14-15,17,25,31-32H,6-9,16,41H2,1-5H3;1H/t25-,32?;/m0./s1. The molecule has 0 saturated carbocycles. The van der Waals surface area contributed by atoms with E-state index in [-0.39, 0.29) is 66.7 Å². The Balaban J connectivity index is 0.00000673. The molecule has 2 heterocycles. The van der Waals surface area contributed by atoms with Crippen molar-refractivity contribution < 1.29 is 47.2 Å². The molecule has 1 aliphatic rings. The second-order valence-electron chi connectivity index (χ2n) is 13.5. The molecule has 0 spiro atoms. The van der Waals surface area contributed by atoms with E-state index < -0.39 is 81.7 Å². The first-order valence-corrected chi connectivity index (χ1v) is 22.1. The topological polar surface area (TPSA) is 162 Å². The maximum Gasteiger partial charge on any atom is 0.289 e. The lowest BCUT2D eigenvalue weighted by atomic mass is 9.82. The molecule has 1 unspecified atom stereocenters. The highest BCUT2D eigenvalue weighted by atomic mass is 35.5. The van der Waals surface area contributed by atoms with E-state index in [4.69, 9.17) is 22.3 Å². The number of halogens is 7. The minimum absolute atomic E-state index is 0. The van der Waals surface area contributed by atoms with Crippen molar-refractivity contribution in [1.29, 1.82) is 0 Å². The van der Waals surface area contributed by atoms with Gasteiger partial charge in [-0.3, -0.25) is 0 Å². The van der Waals surface area contributed by atoms with Crippen molar-refractivity contribution in [3.8, 4) is 23.0 Å². The van der Waals surface area contributed by atoms with Gasteiger partial charge in [-0.05, 0) is 86.8 Å². The van der Waals surface area contributed by atoms with E-state index in [0.29, 0.717) is 49.0 Å². The molecule has 0 amide bonds. The van der Waals surface area contributed by atoms with E-state index in [0.717, 1.165) is 18.4 Å². The third-order valence-electron chi connectivity index (χ3n) is 8.95. The van der Waals surface area contributed by atoms with Crippen LogP contribution in [0, 0.1) is 23.5 Å². The Hall–Kier alpha value is -3.54. The van der Waals surface area contributed by atoms with Crippen LogP contribution in [0.1, 0.15) is 67.1 Å². The number of aromatic nitrogens is 3. The van der Waals surface area contributed by atoms with Crippen LogP contribution in [-0.2, 0) is 49.1 Å². The van der Waals surface area contributed by atoms with E-state index in [1.54, 1.807) is 0 Å². The van der Waals surface area contributed by atoms with Crippen LogP contribution in [0.4, 0.5) is 27.8 Å². The summed E-state index contributed by atoms with van der Waals surface area (Å²) in [5.74, 6) is 2.84. The van der Waals surface area contributed by atoms with Gasteiger partial charge in [0.15, 0.2) is 15.7 Å². The molecule has 2 atom stereocenters. The number of rotatable bonds is 10. The molecule has 0 radical (unpaired) electrons. The van der Waals surface area contributed by atoms with Crippen LogP contribution in [-0.4, -0.2) is 70.0 Å². The molecule has 1 aliphatic carbocycles. The van der Waals surface area contributed by atoms with Crippen LogP contribution in [0.5, 0.6) is 0 Å². The van der Waals surface area contributed by atoms with Gasteiger partial charge >= 0.3 is 0 Å². The van der Waals surface area contributed by atoms with Crippen molar-refractivity contribution in [3.63, 3.8) is 0 Å². The van der Waals surface area contributed by atoms with Crippen LogP contribution in [0.2, 0.25) is 5.02 Å². The summed E-state index contributed by atoms with van der Waals surface area (Å²) in [6, 6.07) is 4.02. The van der Waals surface area contributed by atoms with Gasteiger partial charge in [0.2, 0.25) is 20.0 Å². The van der Waals surface area contributed by atoms with Crippen molar-refractivity contribution in [2.45, 2.75) is 69.5 Å². The molecule has 300 valence electrons. The predicted molar refractivity (Wildman–Crippen MR) is 203 cm³/mol. The van der Waals surface area contributed by atoms with Crippen molar-refractivity contribution in [2.24, 2.45) is 5.73 Å². The predicted octanol–water partition coefficient (Wildman–Crippen LogP) is 6.21. The number of hydrogen-bond donors (Lipinski definition) is 1. The monoisotopic (exact) mass is 871 g/mol. The fourth-order valence-corrected chi connectivity index (χ4v) is 9.61. The quantitative estimate of drug-likeness (QED) is 0.144. The lowest BCUT2D eigenvalue weighted by molar-refractivity contribution is 0.00365. The van der Waals surface area contributed by atoms with Gasteiger partial charge in [-0.15, -0.1) is 21.2 Å². The van der Waals surface area contributed by atoms with Gasteiger partial charge in [0.25, 0.3) is 12.7 Å². The first kappa shape index (κ1) is 44.2. The summed E-state index contributed by atoms with van der Waals surface area (Å²) in [6.45, 7) is 2.80. The third-order valence-corrected chi connectivity index (χ3v) is 14.4. The molecule has 5 rings (SSSR count). The fourth-order valence-electron chi connectivity index (χ4n) is 6.29. The zero-order valence-electron chi connectivity index (χ0n) is 29.9. The average molecular weight is 873 g/mol. The molecule has 0 aliphatic heterocycles. The summed E-state index contributed by atoms with van der Waals surface area (Å²) in [4.78, 5) is 4.76. The summed E-state index contributed by atoms with van der Waals surface area (Å²) in [7, 11) is -13.2. The first-order chi connectivity index (χ1) is 24.8.